The fraction of sp³-hybridized carbons (Fsp3) is 0.500. The van der Waals surface area contributed by atoms with E-state index in [-0.39, 0.29) is 13.4 Å². The maximum atomic E-state index is 10.6. The van der Waals surface area contributed by atoms with Gasteiger partial charge in [0.1, 0.15) is 0 Å². The lowest BCUT2D eigenvalue weighted by atomic mass is 10.4. The van der Waals surface area contributed by atoms with Crippen molar-refractivity contribution in [2.45, 2.75) is 32.1 Å². The van der Waals surface area contributed by atoms with Crippen LogP contribution in [0.3, 0.4) is 0 Å². The number of hydrogen-bond donors (Lipinski definition) is 4. The minimum Gasteiger partial charge on any atom is -0.429 e. The third-order valence-corrected chi connectivity index (χ3v) is 2.41. The predicted molar refractivity (Wildman–Crippen MR) is 67.8 cm³/mol. The fourth-order valence-electron chi connectivity index (χ4n) is 1.65. The lowest BCUT2D eigenvalue weighted by Gasteiger charge is -1.80. The van der Waals surface area contributed by atoms with Gasteiger partial charge in [-0.1, -0.05) is 32.1 Å². The van der Waals surface area contributed by atoms with Gasteiger partial charge < -0.3 is 10.0 Å². The van der Waals surface area contributed by atoms with E-state index < -0.39 is 0 Å². The topological polar surface area (TPSA) is 115 Å². The Labute approximate surface area is 105 Å². The van der Waals surface area contributed by atoms with Gasteiger partial charge in [0.15, 0.2) is 11.3 Å². The molecule has 1 radical (unpaired) electrons. The predicted octanol–water partition coefficient (Wildman–Crippen LogP) is 0.102. The molecule has 0 aromatic carbocycles. The molecule has 1 aliphatic rings. The average molecular weight is 251 g/mol. The molecule has 97 valence electrons. The van der Waals surface area contributed by atoms with Crippen LogP contribution in [0.2, 0.25) is 0 Å². The molecule has 2 aromatic rings. The molecule has 18 heavy (non-hydrogen) atoms. The molecule has 1 aliphatic carbocycles. The maximum absolute atomic E-state index is 10.6. The van der Waals surface area contributed by atoms with Crippen molar-refractivity contribution in [2.75, 3.05) is 0 Å². The van der Waals surface area contributed by atoms with Gasteiger partial charge in [-0.25, -0.2) is 14.8 Å². The Bertz CT molecular complexity index is 451. The molecule has 0 atom stereocenters. The van der Waals surface area contributed by atoms with Crippen molar-refractivity contribution in [1.82, 2.24) is 19.9 Å². The number of hydrogen-bond acceptors (Lipinski definition) is 5. The standard InChI is InChI=1S/C5H4N4O.C5H10.BH2O2/c10-5-8-3-4(9-5)7-2-1-6-3;1-2-4-5-3-1;2-1-3/h1-2H,(H2,6,7,8,9,10);1-5H2;2-3H. The van der Waals surface area contributed by atoms with Crippen molar-refractivity contribution in [1.29, 1.82) is 0 Å². The first kappa shape index (κ1) is 14.4. The van der Waals surface area contributed by atoms with E-state index in [0.29, 0.717) is 11.3 Å². The van der Waals surface area contributed by atoms with Crippen LogP contribution in [-0.4, -0.2) is 37.7 Å². The summed E-state index contributed by atoms with van der Waals surface area (Å²) in [5.74, 6) is 0. The first-order chi connectivity index (χ1) is 8.77. The number of nitrogens with zero attached hydrogens (tertiary/aromatic N) is 2. The highest BCUT2D eigenvalue weighted by atomic mass is 16.4. The van der Waals surface area contributed by atoms with Crippen molar-refractivity contribution < 1.29 is 10.0 Å². The van der Waals surface area contributed by atoms with E-state index in [2.05, 4.69) is 19.9 Å². The van der Waals surface area contributed by atoms with Crippen molar-refractivity contribution in [3.05, 3.63) is 22.9 Å². The quantitative estimate of drug-likeness (QED) is 0.496. The monoisotopic (exact) mass is 251 g/mol. The molecule has 0 amide bonds. The molecule has 4 N–H and O–H groups in total. The van der Waals surface area contributed by atoms with E-state index in [1.807, 2.05) is 0 Å². The van der Waals surface area contributed by atoms with Crippen molar-refractivity contribution in [3.8, 4) is 0 Å². The molecule has 0 aliphatic heterocycles. The number of aromatic nitrogens is 4. The Morgan fingerprint density at radius 2 is 1.28 bits per heavy atom. The third kappa shape index (κ3) is 5.11. The molecule has 3 rings (SSSR count). The molecule has 1 fully saturated rings. The van der Waals surface area contributed by atoms with Gasteiger partial charge in [-0.2, -0.15) is 0 Å². The summed E-state index contributed by atoms with van der Waals surface area (Å²) in [6.07, 6.45) is 10.5. The summed E-state index contributed by atoms with van der Waals surface area (Å²) in [6.45, 7) is 0. The van der Waals surface area contributed by atoms with E-state index in [9.17, 15) is 4.79 Å². The van der Waals surface area contributed by atoms with Gasteiger partial charge in [0, 0.05) is 12.4 Å². The van der Waals surface area contributed by atoms with Crippen molar-refractivity contribution in [3.63, 3.8) is 0 Å². The first-order valence-corrected chi connectivity index (χ1v) is 5.77. The lowest BCUT2D eigenvalue weighted by molar-refractivity contribution is 0.448. The van der Waals surface area contributed by atoms with Crippen LogP contribution in [0.15, 0.2) is 17.2 Å². The molecule has 1 saturated carbocycles. The van der Waals surface area contributed by atoms with Crippen LogP contribution in [0.4, 0.5) is 0 Å². The van der Waals surface area contributed by atoms with Gasteiger partial charge in [0.2, 0.25) is 0 Å². The Balaban J connectivity index is 0.000000170. The molecule has 0 bridgehead atoms. The van der Waals surface area contributed by atoms with Gasteiger partial charge in [-0.3, -0.25) is 9.97 Å². The van der Waals surface area contributed by atoms with Gasteiger partial charge in [0.25, 0.3) is 0 Å². The Morgan fingerprint density at radius 1 is 0.944 bits per heavy atom. The van der Waals surface area contributed by atoms with Crippen LogP contribution in [0.1, 0.15) is 32.1 Å². The van der Waals surface area contributed by atoms with Gasteiger partial charge in [-0.05, 0) is 0 Å². The normalized spacial score (nSPS) is 13.2. The summed E-state index contributed by atoms with van der Waals surface area (Å²) in [4.78, 5) is 23.3. The first-order valence-electron chi connectivity index (χ1n) is 5.77. The van der Waals surface area contributed by atoms with Crippen LogP contribution >= 0.6 is 0 Å². The number of imidazole rings is 1. The SMILES string of the molecule is C1CCCC1.O=c1[nH]c2nccnc2[nH]1.O[B]O. The van der Waals surface area contributed by atoms with E-state index in [4.69, 9.17) is 10.0 Å². The van der Waals surface area contributed by atoms with E-state index in [0.717, 1.165) is 0 Å². The molecule has 2 heterocycles. The average Bonchev–Trinajstić information content (AvgIpc) is 3.00. The number of fused-ring (bicyclic) bond motifs is 1. The lowest BCUT2D eigenvalue weighted by Crippen LogP contribution is -1.99. The largest absolute Gasteiger partial charge is 0.482 e. The van der Waals surface area contributed by atoms with Crippen LogP contribution < -0.4 is 5.69 Å². The van der Waals surface area contributed by atoms with Crippen molar-refractivity contribution in [2.24, 2.45) is 0 Å². The smallest absolute Gasteiger partial charge is 0.429 e. The van der Waals surface area contributed by atoms with Crippen molar-refractivity contribution >= 4 is 19.0 Å². The van der Waals surface area contributed by atoms with Crippen LogP contribution in [0.25, 0.3) is 11.3 Å². The zero-order valence-electron chi connectivity index (χ0n) is 9.96. The Hall–Kier alpha value is -1.67. The molecule has 7 nitrogen and oxygen atoms in total. The zero-order valence-corrected chi connectivity index (χ0v) is 9.96. The summed E-state index contributed by atoms with van der Waals surface area (Å²) in [5.41, 5.74) is 0.709. The summed E-state index contributed by atoms with van der Waals surface area (Å²) < 4.78 is 0. The highest BCUT2D eigenvalue weighted by Crippen LogP contribution is 2.15. The maximum Gasteiger partial charge on any atom is 0.482 e. The summed E-state index contributed by atoms with van der Waals surface area (Å²) in [5, 5.41) is 14.0. The van der Waals surface area contributed by atoms with E-state index in [1.165, 1.54) is 44.5 Å². The minimum atomic E-state index is -0.277. The number of rotatable bonds is 0. The molecule has 2 aromatic heterocycles. The molecule has 0 spiro atoms. The Morgan fingerprint density at radius 3 is 1.61 bits per heavy atom. The Kier molecular flexibility index (Phi) is 6.74. The van der Waals surface area contributed by atoms with Gasteiger partial charge in [0.05, 0.1) is 0 Å². The second-order valence-electron chi connectivity index (χ2n) is 3.72. The molecule has 0 unspecified atom stereocenters. The van der Waals surface area contributed by atoms with Gasteiger partial charge in [-0.15, -0.1) is 0 Å². The van der Waals surface area contributed by atoms with E-state index in [1.54, 1.807) is 0 Å². The van der Waals surface area contributed by atoms with Crippen LogP contribution in [0.5, 0.6) is 0 Å². The summed E-state index contributed by atoms with van der Waals surface area (Å²) >= 11 is 0. The fourth-order valence-corrected chi connectivity index (χ4v) is 1.65. The minimum absolute atomic E-state index is 0. The number of H-pyrrole nitrogens is 2. The second-order valence-corrected chi connectivity index (χ2v) is 3.72. The van der Waals surface area contributed by atoms with E-state index >= 15 is 0 Å². The molecular weight excluding hydrogens is 235 g/mol. The molecular formula is C10H16BN4O3. The number of nitrogens with one attached hydrogen (secondary N) is 2. The zero-order chi connectivity index (χ0) is 13.2. The van der Waals surface area contributed by atoms with Gasteiger partial charge >= 0.3 is 13.4 Å². The van der Waals surface area contributed by atoms with Crippen LogP contribution in [-0.2, 0) is 0 Å². The van der Waals surface area contributed by atoms with Crippen LogP contribution in [0, 0.1) is 0 Å². The second kappa shape index (κ2) is 8.43. The highest BCUT2D eigenvalue weighted by molar-refractivity contribution is 6.13. The highest BCUT2D eigenvalue weighted by Gasteiger charge is 1.96. The summed E-state index contributed by atoms with van der Waals surface area (Å²) in [7, 11) is 0. The molecule has 0 saturated heterocycles. The third-order valence-electron chi connectivity index (χ3n) is 2.41. The summed E-state index contributed by atoms with van der Waals surface area (Å²) in [6, 6.07) is 0. The molecule has 8 heteroatoms. The number of aromatic amines is 2.